The Morgan fingerprint density at radius 2 is 1.97 bits per heavy atom. The lowest BCUT2D eigenvalue weighted by Gasteiger charge is -2.45. The summed E-state index contributed by atoms with van der Waals surface area (Å²) in [7, 11) is 1.44. The number of hydrogen-bond acceptors (Lipinski definition) is 8. The van der Waals surface area contributed by atoms with Gasteiger partial charge in [0.05, 0.1) is 48.5 Å². The number of amides is 1. The number of thiophene rings is 1. The molecule has 1 aromatic carbocycles. The lowest BCUT2D eigenvalue weighted by Crippen LogP contribution is -2.58. The Morgan fingerprint density at radius 1 is 1.19 bits per heavy atom. The van der Waals surface area contributed by atoms with Crippen LogP contribution in [0.3, 0.4) is 0 Å². The van der Waals surface area contributed by atoms with Crippen LogP contribution in [-0.4, -0.2) is 48.6 Å². The first-order chi connectivity index (χ1) is 17.6. The van der Waals surface area contributed by atoms with Gasteiger partial charge in [0.15, 0.2) is 17.1 Å². The van der Waals surface area contributed by atoms with E-state index in [1.165, 1.54) is 18.4 Å². The Morgan fingerprint density at radius 3 is 2.59 bits per heavy atom. The van der Waals surface area contributed by atoms with Crippen molar-refractivity contribution in [2.45, 2.75) is 37.8 Å². The van der Waals surface area contributed by atoms with Gasteiger partial charge in [-0.25, -0.2) is 8.78 Å². The molecular formula is C26H25F2N3O5S. The van der Waals surface area contributed by atoms with Gasteiger partial charge >= 0.3 is 5.97 Å². The third kappa shape index (κ3) is 4.88. The highest BCUT2D eigenvalue weighted by atomic mass is 32.1. The van der Waals surface area contributed by atoms with Crippen molar-refractivity contribution in [3.63, 3.8) is 0 Å². The second kappa shape index (κ2) is 9.38. The Kier molecular flexibility index (Phi) is 6.36. The van der Waals surface area contributed by atoms with Gasteiger partial charge in [-0.3, -0.25) is 14.6 Å². The summed E-state index contributed by atoms with van der Waals surface area (Å²) in [6.45, 7) is 1.67. The van der Waals surface area contributed by atoms with Gasteiger partial charge in [0, 0.05) is 18.0 Å². The number of aromatic nitrogens is 1. The van der Waals surface area contributed by atoms with Crippen molar-refractivity contribution in [2.75, 3.05) is 25.2 Å². The molecule has 5 rings (SSSR count). The number of esters is 1. The summed E-state index contributed by atoms with van der Waals surface area (Å²) in [6, 6.07) is 10.9. The average Bonchev–Trinajstić information content (AvgIpc) is 3.41. The molecular weight excluding hydrogens is 504 g/mol. The molecule has 1 fully saturated rings. The number of fused-ring (bicyclic) bond motifs is 1. The fraction of sp³-hybridized carbons (Fsp3) is 0.346. The molecule has 194 valence electrons. The van der Waals surface area contributed by atoms with E-state index in [1.54, 1.807) is 29.3 Å². The van der Waals surface area contributed by atoms with Gasteiger partial charge in [-0.1, -0.05) is 6.07 Å². The predicted molar refractivity (Wildman–Crippen MR) is 133 cm³/mol. The van der Waals surface area contributed by atoms with E-state index in [9.17, 15) is 18.4 Å². The summed E-state index contributed by atoms with van der Waals surface area (Å²) in [4.78, 5) is 32.5. The van der Waals surface area contributed by atoms with E-state index in [0.717, 1.165) is 21.7 Å². The fourth-order valence-corrected chi connectivity index (χ4v) is 5.67. The van der Waals surface area contributed by atoms with Gasteiger partial charge in [0.25, 0.3) is 11.8 Å². The first kappa shape index (κ1) is 25.1. The standard InChI is InChI=1S/C26H25F2N3O5S/c1-15-3-5-18(30-10-15)21-7-16-11-31(24(33)23(16)37-21)17-4-6-19(20(8-17)34-2)35-14-25(36-22(32)9-29)12-26(27,28)13-25/h3-8,10H,9,11-14,29H2,1-2H3. The van der Waals surface area contributed by atoms with Crippen molar-refractivity contribution < 1.29 is 32.6 Å². The van der Waals surface area contributed by atoms with Gasteiger partial charge in [-0.15, -0.1) is 11.3 Å². The van der Waals surface area contributed by atoms with Gasteiger partial charge < -0.3 is 24.8 Å². The molecule has 0 bridgehead atoms. The first-order valence-electron chi connectivity index (χ1n) is 11.6. The maximum atomic E-state index is 13.6. The van der Waals surface area contributed by atoms with Crippen LogP contribution >= 0.6 is 11.3 Å². The highest BCUT2D eigenvalue weighted by molar-refractivity contribution is 7.17. The van der Waals surface area contributed by atoms with Crippen molar-refractivity contribution in [3.8, 4) is 22.1 Å². The molecule has 11 heteroatoms. The molecule has 1 aliphatic carbocycles. The molecule has 1 saturated carbocycles. The third-order valence-electron chi connectivity index (χ3n) is 6.35. The number of aryl methyl sites for hydroxylation is 1. The minimum Gasteiger partial charge on any atom is -0.493 e. The van der Waals surface area contributed by atoms with Crippen LogP contribution < -0.4 is 20.1 Å². The summed E-state index contributed by atoms with van der Waals surface area (Å²) in [5.41, 5.74) is 7.24. The number of rotatable bonds is 8. The Hall–Kier alpha value is -3.57. The van der Waals surface area contributed by atoms with E-state index in [1.807, 2.05) is 25.1 Å². The smallest absolute Gasteiger partial charge is 0.320 e. The van der Waals surface area contributed by atoms with Crippen molar-refractivity contribution in [3.05, 3.63) is 58.6 Å². The molecule has 1 amide bonds. The molecule has 37 heavy (non-hydrogen) atoms. The number of benzene rings is 1. The van der Waals surface area contributed by atoms with E-state index in [4.69, 9.17) is 19.9 Å². The van der Waals surface area contributed by atoms with Gasteiger partial charge in [0.2, 0.25) is 0 Å². The number of hydrogen-bond donors (Lipinski definition) is 1. The molecule has 0 unspecified atom stereocenters. The van der Waals surface area contributed by atoms with Crippen molar-refractivity contribution in [1.29, 1.82) is 0 Å². The summed E-state index contributed by atoms with van der Waals surface area (Å²) in [5, 5.41) is 0. The number of nitrogens with zero attached hydrogens (tertiary/aromatic N) is 2. The summed E-state index contributed by atoms with van der Waals surface area (Å²) in [6.07, 6.45) is 0.512. The zero-order valence-corrected chi connectivity index (χ0v) is 21.1. The molecule has 1 aliphatic heterocycles. The molecule has 0 atom stereocenters. The molecule has 2 aliphatic rings. The molecule has 0 spiro atoms. The van der Waals surface area contributed by atoms with E-state index in [0.29, 0.717) is 22.9 Å². The van der Waals surface area contributed by atoms with Crippen LogP contribution in [0.5, 0.6) is 11.5 Å². The van der Waals surface area contributed by atoms with Crippen molar-refractivity contribution in [2.24, 2.45) is 5.73 Å². The minimum absolute atomic E-state index is 0.126. The van der Waals surface area contributed by atoms with Crippen molar-refractivity contribution >= 4 is 28.9 Å². The number of nitrogens with two attached hydrogens (primary N) is 1. The van der Waals surface area contributed by atoms with Crippen LogP contribution in [0, 0.1) is 6.92 Å². The quantitative estimate of drug-likeness (QED) is 0.433. The molecule has 2 N–H and O–H groups in total. The molecule has 3 aromatic rings. The Balaban J connectivity index is 1.30. The Labute approximate surface area is 216 Å². The first-order valence-corrected chi connectivity index (χ1v) is 12.4. The number of alkyl halides is 2. The number of carbonyl (C=O) groups excluding carboxylic acids is 2. The number of halogens is 2. The van der Waals surface area contributed by atoms with E-state index in [2.05, 4.69) is 4.98 Å². The lowest BCUT2D eigenvalue weighted by atomic mass is 9.77. The maximum absolute atomic E-state index is 13.6. The van der Waals surface area contributed by atoms with Crippen molar-refractivity contribution in [1.82, 2.24) is 4.98 Å². The highest BCUT2D eigenvalue weighted by Gasteiger charge is 2.60. The van der Waals surface area contributed by atoms with Gasteiger partial charge in [0.1, 0.15) is 6.61 Å². The van der Waals surface area contributed by atoms with E-state index >= 15 is 0 Å². The number of pyridine rings is 1. The highest BCUT2D eigenvalue weighted by Crippen LogP contribution is 2.49. The van der Waals surface area contributed by atoms with Gasteiger partial charge in [-0.05, 0) is 42.3 Å². The van der Waals surface area contributed by atoms with Crippen LogP contribution in [0.4, 0.5) is 14.5 Å². The predicted octanol–water partition coefficient (Wildman–Crippen LogP) is 4.34. The summed E-state index contributed by atoms with van der Waals surface area (Å²) in [5.74, 6) is -3.24. The van der Waals surface area contributed by atoms with Crippen LogP contribution in [0.1, 0.15) is 33.6 Å². The number of anilines is 1. The molecule has 0 radical (unpaired) electrons. The molecule has 2 aromatic heterocycles. The van der Waals surface area contributed by atoms with E-state index < -0.39 is 36.9 Å². The van der Waals surface area contributed by atoms with E-state index in [-0.39, 0.29) is 18.3 Å². The minimum atomic E-state index is -2.93. The SMILES string of the molecule is COc1cc(N2Cc3cc(-c4ccc(C)cn4)sc3C2=O)ccc1OCC1(OC(=O)CN)CC(F)(F)C1. The van der Waals surface area contributed by atoms with Gasteiger partial charge in [-0.2, -0.15) is 0 Å². The normalized spacial score (nSPS) is 17.2. The number of ether oxygens (including phenoxy) is 3. The largest absolute Gasteiger partial charge is 0.493 e. The second-order valence-corrected chi connectivity index (χ2v) is 10.3. The second-order valence-electron chi connectivity index (χ2n) is 9.27. The van der Waals surface area contributed by atoms with Crippen LogP contribution in [0.25, 0.3) is 10.6 Å². The third-order valence-corrected chi connectivity index (χ3v) is 7.54. The maximum Gasteiger partial charge on any atom is 0.320 e. The molecule has 0 saturated heterocycles. The topological polar surface area (TPSA) is 104 Å². The molecule has 3 heterocycles. The summed E-state index contributed by atoms with van der Waals surface area (Å²) >= 11 is 1.41. The van der Waals surface area contributed by atoms with Crippen LogP contribution in [-0.2, 0) is 16.1 Å². The lowest BCUT2D eigenvalue weighted by molar-refractivity contribution is -0.233. The number of carbonyl (C=O) groups is 2. The average molecular weight is 530 g/mol. The summed E-state index contributed by atoms with van der Waals surface area (Å²) < 4.78 is 43.6. The van der Waals surface area contributed by atoms with Crippen LogP contribution in [0.15, 0.2) is 42.6 Å². The zero-order valence-electron chi connectivity index (χ0n) is 20.3. The van der Waals surface area contributed by atoms with Crippen LogP contribution in [0.2, 0.25) is 0 Å². The number of methoxy groups -OCH3 is 1. The Bertz CT molecular complexity index is 1350. The molecule has 8 nitrogen and oxygen atoms in total. The fourth-order valence-electron chi connectivity index (χ4n) is 4.57. The monoisotopic (exact) mass is 529 g/mol. The zero-order chi connectivity index (χ0) is 26.4.